The van der Waals surface area contributed by atoms with Crippen LogP contribution >= 0.6 is 0 Å². The quantitative estimate of drug-likeness (QED) is 0.653. The molecule has 0 spiro atoms. The number of aromatic nitrogens is 2. The van der Waals surface area contributed by atoms with E-state index in [9.17, 15) is 22.3 Å². The first-order chi connectivity index (χ1) is 15.3. The SMILES string of the molecule is O=S(=O)(c1ccc(F)cc1)N1CCC2=Cc3c(cnn3-c3ccc(F)cc3)C[C@]2(CO)C1. The summed E-state index contributed by atoms with van der Waals surface area (Å²) in [6, 6.07) is 10.8. The maximum absolute atomic E-state index is 13.3. The van der Waals surface area contributed by atoms with Crippen LogP contribution in [0.15, 0.2) is 65.2 Å². The Hall–Kier alpha value is -2.88. The second-order valence-electron chi connectivity index (χ2n) is 8.27. The van der Waals surface area contributed by atoms with Crippen LogP contribution in [0.5, 0.6) is 0 Å². The third-order valence-electron chi connectivity index (χ3n) is 6.34. The molecule has 0 radical (unpaired) electrons. The number of fused-ring (bicyclic) bond motifs is 2. The fraction of sp³-hybridized carbons (Fsp3) is 0.261. The van der Waals surface area contributed by atoms with Gasteiger partial charge in [-0.1, -0.05) is 5.57 Å². The lowest BCUT2D eigenvalue weighted by molar-refractivity contribution is 0.111. The van der Waals surface area contributed by atoms with Crippen LogP contribution in [0.4, 0.5) is 8.78 Å². The molecule has 1 aliphatic heterocycles. The van der Waals surface area contributed by atoms with Gasteiger partial charge >= 0.3 is 0 Å². The minimum atomic E-state index is -3.82. The number of halogens is 2. The Kier molecular flexibility index (Phi) is 4.99. The average Bonchev–Trinajstić information content (AvgIpc) is 3.20. The van der Waals surface area contributed by atoms with Crippen LogP contribution in [0.3, 0.4) is 0 Å². The fourth-order valence-electron chi connectivity index (χ4n) is 4.59. The molecular weight excluding hydrogens is 436 g/mol. The maximum atomic E-state index is 13.3. The van der Waals surface area contributed by atoms with Gasteiger partial charge < -0.3 is 5.11 Å². The van der Waals surface area contributed by atoms with Crippen molar-refractivity contribution >= 4 is 16.1 Å². The van der Waals surface area contributed by atoms with Crippen LogP contribution in [-0.2, 0) is 16.4 Å². The van der Waals surface area contributed by atoms with Crippen molar-refractivity contribution < 1.29 is 22.3 Å². The molecular formula is C23H21F2N3O3S. The van der Waals surface area contributed by atoms with E-state index in [1.165, 1.54) is 28.6 Å². The van der Waals surface area contributed by atoms with Crippen LogP contribution in [0.1, 0.15) is 17.7 Å². The molecule has 2 heterocycles. The third kappa shape index (κ3) is 3.37. The number of hydrogen-bond acceptors (Lipinski definition) is 4. The highest BCUT2D eigenvalue weighted by Crippen LogP contribution is 2.45. The fourth-order valence-corrected chi connectivity index (χ4v) is 6.12. The largest absolute Gasteiger partial charge is 0.395 e. The van der Waals surface area contributed by atoms with Gasteiger partial charge in [-0.05, 0) is 73.0 Å². The molecule has 6 nitrogen and oxygen atoms in total. The predicted octanol–water partition coefficient (Wildman–Crippen LogP) is 3.16. The number of nitrogens with zero attached hydrogens (tertiary/aromatic N) is 3. The first-order valence-electron chi connectivity index (χ1n) is 10.2. The highest BCUT2D eigenvalue weighted by Gasteiger charge is 2.45. The number of sulfonamides is 1. The van der Waals surface area contributed by atoms with Crippen molar-refractivity contribution in [2.24, 2.45) is 5.41 Å². The molecule has 1 fully saturated rings. The van der Waals surface area contributed by atoms with E-state index < -0.39 is 21.3 Å². The summed E-state index contributed by atoms with van der Waals surface area (Å²) in [7, 11) is -3.82. The van der Waals surface area contributed by atoms with Gasteiger partial charge in [-0.15, -0.1) is 0 Å². The van der Waals surface area contributed by atoms with E-state index in [1.54, 1.807) is 23.0 Å². The van der Waals surface area contributed by atoms with Crippen molar-refractivity contribution in [1.82, 2.24) is 14.1 Å². The third-order valence-corrected chi connectivity index (χ3v) is 8.20. The van der Waals surface area contributed by atoms with Crippen molar-refractivity contribution in [2.75, 3.05) is 19.7 Å². The summed E-state index contributed by atoms with van der Waals surface area (Å²) < 4.78 is 56.0. The van der Waals surface area contributed by atoms with Gasteiger partial charge in [-0.3, -0.25) is 0 Å². The summed E-state index contributed by atoms with van der Waals surface area (Å²) >= 11 is 0. The Bertz CT molecular complexity index is 1300. The number of rotatable bonds is 4. The summed E-state index contributed by atoms with van der Waals surface area (Å²) in [6.07, 6.45) is 4.56. The summed E-state index contributed by atoms with van der Waals surface area (Å²) in [6.45, 7) is 0.166. The predicted molar refractivity (Wildman–Crippen MR) is 114 cm³/mol. The second kappa shape index (κ2) is 7.61. The van der Waals surface area contributed by atoms with Crippen LogP contribution in [0.2, 0.25) is 0 Å². The van der Waals surface area contributed by atoms with E-state index in [0.29, 0.717) is 12.8 Å². The lowest BCUT2D eigenvalue weighted by Gasteiger charge is -2.45. The number of aliphatic hydroxyl groups is 1. The minimum absolute atomic E-state index is 0.0278. The van der Waals surface area contributed by atoms with Gasteiger partial charge in [0, 0.05) is 18.5 Å². The zero-order valence-corrected chi connectivity index (χ0v) is 17.9. The monoisotopic (exact) mass is 457 g/mol. The lowest BCUT2D eigenvalue weighted by atomic mass is 9.69. The van der Waals surface area contributed by atoms with Gasteiger partial charge in [0.1, 0.15) is 11.6 Å². The lowest BCUT2D eigenvalue weighted by Crippen LogP contribution is -2.51. The Morgan fingerprint density at radius 3 is 2.34 bits per heavy atom. The molecule has 0 amide bonds. The van der Waals surface area contributed by atoms with Crippen LogP contribution in [0.25, 0.3) is 11.8 Å². The number of piperidine rings is 1. The van der Waals surface area contributed by atoms with E-state index in [2.05, 4.69) is 5.10 Å². The second-order valence-corrected chi connectivity index (χ2v) is 10.2. The molecule has 1 atom stereocenters. The molecule has 9 heteroatoms. The van der Waals surface area contributed by atoms with Crippen molar-refractivity contribution in [1.29, 1.82) is 0 Å². The molecule has 3 aromatic rings. The van der Waals surface area contributed by atoms with Gasteiger partial charge in [0.15, 0.2) is 0 Å². The zero-order valence-electron chi connectivity index (χ0n) is 17.1. The van der Waals surface area contributed by atoms with Gasteiger partial charge in [0.05, 0.1) is 29.1 Å². The summed E-state index contributed by atoms with van der Waals surface area (Å²) in [5.41, 5.74) is 2.66. The maximum Gasteiger partial charge on any atom is 0.243 e. The Labute approximate surface area is 184 Å². The van der Waals surface area contributed by atoms with Crippen LogP contribution in [0, 0.1) is 17.0 Å². The van der Waals surface area contributed by atoms with E-state index in [-0.39, 0.29) is 30.4 Å². The summed E-state index contributed by atoms with van der Waals surface area (Å²) in [4.78, 5) is 0.0278. The van der Waals surface area contributed by atoms with Gasteiger partial charge in [-0.25, -0.2) is 21.9 Å². The van der Waals surface area contributed by atoms with Crippen LogP contribution in [-0.4, -0.2) is 47.3 Å². The highest BCUT2D eigenvalue weighted by atomic mass is 32.2. The first-order valence-corrected chi connectivity index (χ1v) is 11.7. The molecule has 1 saturated heterocycles. The molecule has 1 aromatic heterocycles. The molecule has 166 valence electrons. The molecule has 2 aromatic carbocycles. The van der Waals surface area contributed by atoms with E-state index in [4.69, 9.17) is 0 Å². The molecule has 32 heavy (non-hydrogen) atoms. The number of benzene rings is 2. The van der Waals surface area contributed by atoms with Crippen molar-refractivity contribution in [2.45, 2.75) is 17.7 Å². The molecule has 0 unspecified atom stereocenters. The Balaban J connectivity index is 1.49. The highest BCUT2D eigenvalue weighted by molar-refractivity contribution is 7.89. The zero-order chi connectivity index (χ0) is 22.5. The standard InChI is InChI=1S/C23H21F2N3O3S/c24-18-1-5-20(6-2-18)28-22-11-17-9-10-27(14-23(17,15-29)12-16(22)13-26-28)32(30,31)21-7-3-19(25)4-8-21/h1-8,11,13,29H,9-10,12,14-15H2/t23-/m1/s1. The van der Waals surface area contributed by atoms with E-state index in [1.807, 2.05) is 6.08 Å². The Morgan fingerprint density at radius 2 is 1.69 bits per heavy atom. The smallest absolute Gasteiger partial charge is 0.243 e. The molecule has 5 rings (SSSR count). The molecule has 2 aliphatic rings. The van der Waals surface area contributed by atoms with Gasteiger partial charge in [0.2, 0.25) is 10.0 Å². The van der Waals surface area contributed by atoms with E-state index >= 15 is 0 Å². The molecule has 0 bridgehead atoms. The first kappa shape index (κ1) is 21.0. The topological polar surface area (TPSA) is 75.4 Å². The average molecular weight is 458 g/mol. The van der Waals surface area contributed by atoms with Gasteiger partial charge in [-0.2, -0.15) is 9.40 Å². The molecule has 1 N–H and O–H groups in total. The summed E-state index contributed by atoms with van der Waals surface area (Å²) in [5, 5.41) is 14.8. The van der Waals surface area contributed by atoms with Gasteiger partial charge in [0.25, 0.3) is 0 Å². The van der Waals surface area contributed by atoms with Crippen molar-refractivity contribution in [3.63, 3.8) is 0 Å². The Morgan fingerprint density at radius 1 is 1.03 bits per heavy atom. The van der Waals surface area contributed by atoms with E-state index in [0.717, 1.165) is 34.7 Å². The summed E-state index contributed by atoms with van der Waals surface area (Å²) in [5.74, 6) is -0.834. The van der Waals surface area contributed by atoms with Crippen molar-refractivity contribution in [3.8, 4) is 5.69 Å². The number of hydrogen-bond donors (Lipinski definition) is 1. The molecule has 0 saturated carbocycles. The van der Waals surface area contributed by atoms with Crippen LogP contribution < -0.4 is 0 Å². The van der Waals surface area contributed by atoms with Crippen molar-refractivity contribution in [3.05, 3.63) is 83.2 Å². The molecule has 1 aliphatic carbocycles. The minimum Gasteiger partial charge on any atom is -0.395 e. The number of aliphatic hydroxyl groups excluding tert-OH is 1. The normalized spacial score (nSPS) is 21.0.